The van der Waals surface area contributed by atoms with Crippen LogP contribution in [0.5, 0.6) is 0 Å². The van der Waals surface area contributed by atoms with E-state index >= 15 is 0 Å². The van der Waals surface area contributed by atoms with Gasteiger partial charge in [-0.2, -0.15) is 8.78 Å². The Kier molecular flexibility index (Phi) is 6.50. The van der Waals surface area contributed by atoms with Crippen LogP contribution in [0.3, 0.4) is 0 Å². The second-order valence-corrected chi connectivity index (χ2v) is 7.50. The second kappa shape index (κ2) is 8.01. The lowest BCUT2D eigenvalue weighted by atomic mass is 9.85. The highest BCUT2D eigenvalue weighted by Crippen LogP contribution is 2.40. The molecule has 1 aromatic rings. The van der Waals surface area contributed by atoms with Gasteiger partial charge in [0, 0.05) is 23.6 Å². The summed E-state index contributed by atoms with van der Waals surface area (Å²) in [5.41, 5.74) is -1.39. The smallest absolute Gasteiger partial charge is 0.284 e. The molecule has 0 heterocycles. The number of alkyl halides is 2. The first-order valence-corrected chi connectivity index (χ1v) is 9.46. The summed E-state index contributed by atoms with van der Waals surface area (Å²) in [6.07, 6.45) is 4.50. The number of rotatable bonds is 8. The Morgan fingerprint density at radius 1 is 1.38 bits per heavy atom. The van der Waals surface area contributed by atoms with Gasteiger partial charge in [-0.3, -0.25) is 4.79 Å². The largest absolute Gasteiger partial charge is 0.310 e. The Hall–Kier alpha value is -0.860. The van der Waals surface area contributed by atoms with Crippen LogP contribution < -0.4 is 5.32 Å². The molecule has 0 saturated heterocycles. The van der Waals surface area contributed by atoms with Gasteiger partial charge >= 0.3 is 0 Å². The number of hydrogen-bond acceptors (Lipinski definition) is 2. The average Bonchev–Trinajstić information content (AvgIpc) is 2.50. The topological polar surface area (TPSA) is 29.1 Å². The van der Waals surface area contributed by atoms with E-state index in [-0.39, 0.29) is 17.4 Å². The minimum absolute atomic E-state index is 0.0402. The number of hydrogen-bond donors (Lipinski definition) is 1. The van der Waals surface area contributed by atoms with Crippen LogP contribution in [0, 0.1) is 5.92 Å². The van der Waals surface area contributed by atoms with Gasteiger partial charge in [0.15, 0.2) is 5.78 Å². The van der Waals surface area contributed by atoms with Crippen molar-refractivity contribution in [2.24, 2.45) is 5.92 Å². The lowest BCUT2D eigenvalue weighted by molar-refractivity contribution is 0.0978. The summed E-state index contributed by atoms with van der Waals surface area (Å²) in [5, 5.41) is 3.44. The Morgan fingerprint density at radius 3 is 2.50 bits per heavy atom. The average molecular weight is 355 g/mol. The molecule has 2 unspecified atom stereocenters. The number of carbonyl (C=O) groups excluding carboxylic acids is 1. The minimum atomic E-state index is -3.03. The molecule has 1 aliphatic rings. The highest BCUT2D eigenvalue weighted by molar-refractivity contribution is 7.17. The molecule has 0 spiro atoms. The van der Waals surface area contributed by atoms with Crippen LogP contribution >= 0.6 is 9.24 Å². The third kappa shape index (κ3) is 4.40. The molecule has 0 radical (unpaired) electrons. The van der Waals surface area contributed by atoms with Gasteiger partial charge < -0.3 is 5.32 Å². The predicted molar refractivity (Wildman–Crippen MR) is 97.8 cm³/mol. The number of carbonyl (C=O) groups is 1. The normalized spacial score (nSPS) is 16.8. The molecule has 0 amide bonds. The molecule has 0 aromatic heterocycles. The number of halogens is 2. The molecule has 1 saturated carbocycles. The van der Waals surface area contributed by atoms with E-state index in [1.165, 1.54) is 19.3 Å². The van der Waals surface area contributed by atoms with Crippen molar-refractivity contribution in [2.75, 3.05) is 6.54 Å². The van der Waals surface area contributed by atoms with Crippen LogP contribution in [0.15, 0.2) is 12.1 Å². The number of Topliss-reactive ketones (excluding diaryl/α,β-unsaturated/α-hetero) is 1. The van der Waals surface area contributed by atoms with E-state index in [9.17, 15) is 13.6 Å². The number of ketones is 1. The first kappa shape index (κ1) is 19.5. The van der Waals surface area contributed by atoms with Gasteiger partial charge in [0.2, 0.25) is 0 Å². The molecular formula is C19H28F2NOP. The predicted octanol–water partition coefficient (Wildman–Crippen LogP) is 5.22. The van der Waals surface area contributed by atoms with Crippen LogP contribution in [0.25, 0.3) is 0 Å². The van der Waals surface area contributed by atoms with Crippen molar-refractivity contribution in [3.05, 3.63) is 34.4 Å². The quantitative estimate of drug-likeness (QED) is 0.512. The summed E-state index contributed by atoms with van der Waals surface area (Å²) < 4.78 is 28.2. The van der Waals surface area contributed by atoms with Gasteiger partial charge in [0.05, 0.1) is 0 Å². The van der Waals surface area contributed by atoms with Crippen molar-refractivity contribution >= 4 is 15.0 Å². The number of benzene rings is 1. The zero-order valence-corrected chi connectivity index (χ0v) is 15.9. The van der Waals surface area contributed by atoms with Crippen LogP contribution in [-0.4, -0.2) is 12.3 Å². The zero-order chi connectivity index (χ0) is 17.9. The third-order valence-corrected chi connectivity index (χ3v) is 5.35. The summed E-state index contributed by atoms with van der Waals surface area (Å²) in [6.45, 7) is 6.47. The van der Waals surface area contributed by atoms with E-state index in [0.717, 1.165) is 12.1 Å². The SMILES string of the molecule is CCC(=O)c1cc(C(C)NCC2CCC2)cc(C(F)(F)P)c1CC. The fraction of sp³-hybridized carbons (Fsp3) is 0.632. The fourth-order valence-corrected chi connectivity index (χ4v) is 3.48. The minimum Gasteiger partial charge on any atom is -0.310 e. The molecule has 1 fully saturated rings. The first-order chi connectivity index (χ1) is 11.3. The second-order valence-electron chi connectivity index (χ2n) is 6.77. The van der Waals surface area contributed by atoms with E-state index in [2.05, 4.69) is 5.32 Å². The summed E-state index contributed by atoms with van der Waals surface area (Å²) in [7, 11) is 1.61. The molecule has 0 bridgehead atoms. The van der Waals surface area contributed by atoms with Gasteiger partial charge in [0.1, 0.15) is 0 Å². The van der Waals surface area contributed by atoms with E-state index < -0.39 is 5.66 Å². The molecule has 2 rings (SSSR count). The maximum absolute atomic E-state index is 14.1. The highest BCUT2D eigenvalue weighted by Gasteiger charge is 2.31. The molecule has 5 heteroatoms. The third-order valence-electron chi connectivity index (χ3n) is 5.04. The lowest BCUT2D eigenvalue weighted by Crippen LogP contribution is -2.29. The Labute approximate surface area is 146 Å². The van der Waals surface area contributed by atoms with Gasteiger partial charge in [0.25, 0.3) is 5.66 Å². The standard InChI is InChI=1S/C19H28F2NOP/c1-4-15-16(18(23)5-2)9-14(10-17(15)19(20,21)24)12(3)22-11-13-7-6-8-13/h9-10,12-13,22H,4-8,11,24H2,1-3H3. The fourth-order valence-electron chi connectivity index (χ4n) is 3.22. The van der Waals surface area contributed by atoms with Crippen LogP contribution in [0.1, 0.15) is 79.5 Å². The summed E-state index contributed by atoms with van der Waals surface area (Å²) >= 11 is 0. The highest BCUT2D eigenvalue weighted by atomic mass is 31.0. The van der Waals surface area contributed by atoms with Crippen molar-refractivity contribution in [1.29, 1.82) is 0 Å². The van der Waals surface area contributed by atoms with E-state index in [1.807, 2.05) is 19.9 Å². The molecule has 2 atom stereocenters. The maximum atomic E-state index is 14.1. The first-order valence-electron chi connectivity index (χ1n) is 8.88. The monoisotopic (exact) mass is 355 g/mol. The lowest BCUT2D eigenvalue weighted by Gasteiger charge is -2.28. The van der Waals surface area contributed by atoms with Gasteiger partial charge in [-0.25, -0.2) is 0 Å². The summed E-state index contributed by atoms with van der Waals surface area (Å²) in [6, 6.07) is 3.32. The molecule has 2 nitrogen and oxygen atoms in total. The molecule has 0 aliphatic heterocycles. The molecular weight excluding hydrogens is 327 g/mol. The van der Waals surface area contributed by atoms with Gasteiger partial charge in [-0.05, 0) is 61.9 Å². The Morgan fingerprint density at radius 2 is 2.04 bits per heavy atom. The van der Waals surface area contributed by atoms with E-state index in [4.69, 9.17) is 0 Å². The zero-order valence-electron chi connectivity index (χ0n) is 14.8. The Bertz CT molecular complexity index is 594. The summed E-state index contributed by atoms with van der Waals surface area (Å²) in [4.78, 5) is 12.3. The van der Waals surface area contributed by atoms with Gasteiger partial charge in [-0.15, -0.1) is 0 Å². The van der Waals surface area contributed by atoms with Crippen molar-refractivity contribution in [1.82, 2.24) is 5.32 Å². The van der Waals surface area contributed by atoms with Crippen LogP contribution in [0.4, 0.5) is 8.78 Å². The van der Waals surface area contributed by atoms with Gasteiger partial charge in [-0.1, -0.05) is 29.5 Å². The van der Waals surface area contributed by atoms with Crippen LogP contribution in [-0.2, 0) is 12.1 Å². The number of nitrogens with one attached hydrogen (secondary N) is 1. The molecule has 134 valence electrons. The van der Waals surface area contributed by atoms with Crippen molar-refractivity contribution in [3.8, 4) is 0 Å². The van der Waals surface area contributed by atoms with E-state index in [1.54, 1.807) is 22.2 Å². The van der Waals surface area contributed by atoms with Crippen LogP contribution in [0.2, 0.25) is 0 Å². The van der Waals surface area contributed by atoms with Crippen molar-refractivity contribution in [2.45, 2.75) is 64.6 Å². The molecule has 1 aliphatic carbocycles. The Balaban J connectivity index is 2.37. The molecule has 1 aromatic carbocycles. The van der Waals surface area contributed by atoms with Crippen molar-refractivity contribution in [3.63, 3.8) is 0 Å². The maximum Gasteiger partial charge on any atom is 0.284 e. The summed E-state index contributed by atoms with van der Waals surface area (Å²) in [5.74, 6) is 0.622. The molecule has 24 heavy (non-hydrogen) atoms. The molecule has 1 N–H and O–H groups in total. The van der Waals surface area contributed by atoms with E-state index in [0.29, 0.717) is 29.9 Å². The van der Waals surface area contributed by atoms with Crippen molar-refractivity contribution < 1.29 is 13.6 Å².